The van der Waals surface area contributed by atoms with Gasteiger partial charge in [0.15, 0.2) is 0 Å². The second-order valence-corrected chi connectivity index (χ2v) is 7.91. The Balaban J connectivity index is 1.40. The molecule has 5 nitrogen and oxygen atoms in total. The average molecular weight is 342 g/mol. The van der Waals surface area contributed by atoms with Gasteiger partial charge in [-0.3, -0.25) is 9.69 Å². The monoisotopic (exact) mass is 342 g/mol. The van der Waals surface area contributed by atoms with E-state index in [4.69, 9.17) is 0 Å². The summed E-state index contributed by atoms with van der Waals surface area (Å²) in [6.45, 7) is 5.33. The molecule has 0 spiro atoms. The minimum atomic E-state index is 0.338. The Morgan fingerprint density at radius 1 is 1.20 bits per heavy atom. The maximum Gasteiger partial charge on any atom is 0.237 e. The number of carbonyl (C=O) groups excluding carboxylic acids is 1. The lowest BCUT2D eigenvalue weighted by Crippen LogP contribution is -2.52. The van der Waals surface area contributed by atoms with Crippen molar-refractivity contribution in [1.29, 1.82) is 0 Å². The number of hydrogen-bond donors (Lipinski definition) is 0. The third-order valence-electron chi connectivity index (χ3n) is 6.31. The van der Waals surface area contributed by atoms with E-state index < -0.39 is 0 Å². The molecule has 2 aliphatic heterocycles. The number of likely N-dealkylation sites (tertiary alicyclic amines) is 1. The summed E-state index contributed by atoms with van der Waals surface area (Å²) in [6.07, 6.45) is 11.5. The molecule has 0 bridgehead atoms. The fourth-order valence-electron chi connectivity index (χ4n) is 4.92. The number of fused-ring (bicyclic) bond motifs is 2. The summed E-state index contributed by atoms with van der Waals surface area (Å²) < 4.78 is 0. The number of aryl methyl sites for hydroxylation is 1. The first-order valence-corrected chi connectivity index (χ1v) is 10.1. The van der Waals surface area contributed by atoms with Crippen LogP contribution in [0.2, 0.25) is 0 Å². The highest BCUT2D eigenvalue weighted by atomic mass is 16.2. The van der Waals surface area contributed by atoms with Crippen molar-refractivity contribution in [3.63, 3.8) is 0 Å². The van der Waals surface area contributed by atoms with Gasteiger partial charge in [-0.15, -0.1) is 0 Å². The summed E-state index contributed by atoms with van der Waals surface area (Å²) in [5, 5.41) is 0. The minimum Gasteiger partial charge on any atom is -0.338 e. The van der Waals surface area contributed by atoms with Gasteiger partial charge in [0.25, 0.3) is 0 Å². The Kier molecular flexibility index (Phi) is 5.02. The van der Waals surface area contributed by atoms with E-state index in [2.05, 4.69) is 26.7 Å². The van der Waals surface area contributed by atoms with Crippen LogP contribution in [0.25, 0.3) is 0 Å². The predicted molar refractivity (Wildman–Crippen MR) is 97.1 cm³/mol. The molecular weight excluding hydrogens is 312 g/mol. The smallest absolute Gasteiger partial charge is 0.237 e. The average Bonchev–Trinajstić information content (AvgIpc) is 2.66. The lowest BCUT2D eigenvalue weighted by molar-refractivity contribution is -0.139. The molecule has 3 heterocycles. The van der Waals surface area contributed by atoms with E-state index in [-0.39, 0.29) is 0 Å². The SMILES string of the molecule is CCc1ncc2c(n1)CN(CC(=O)N1CCC[C@H]3CCCC[C@H]31)CC2. The maximum atomic E-state index is 13.0. The van der Waals surface area contributed by atoms with Gasteiger partial charge < -0.3 is 4.90 Å². The van der Waals surface area contributed by atoms with Gasteiger partial charge in [-0.05, 0) is 43.6 Å². The molecule has 0 radical (unpaired) electrons. The third kappa shape index (κ3) is 3.57. The molecule has 2 fully saturated rings. The van der Waals surface area contributed by atoms with E-state index in [1.54, 1.807) is 0 Å². The van der Waals surface area contributed by atoms with Crippen LogP contribution in [0, 0.1) is 5.92 Å². The number of amides is 1. The zero-order chi connectivity index (χ0) is 17.2. The lowest BCUT2D eigenvalue weighted by atomic mass is 9.78. The highest BCUT2D eigenvalue weighted by molar-refractivity contribution is 5.78. The second-order valence-electron chi connectivity index (χ2n) is 7.91. The van der Waals surface area contributed by atoms with Crippen molar-refractivity contribution in [2.45, 2.75) is 70.9 Å². The molecule has 1 amide bonds. The van der Waals surface area contributed by atoms with Crippen molar-refractivity contribution in [3.8, 4) is 0 Å². The van der Waals surface area contributed by atoms with Crippen LogP contribution in [0.5, 0.6) is 0 Å². The van der Waals surface area contributed by atoms with E-state index >= 15 is 0 Å². The van der Waals surface area contributed by atoms with Crippen molar-refractivity contribution >= 4 is 5.91 Å². The molecule has 1 saturated heterocycles. The first kappa shape index (κ1) is 17.0. The summed E-state index contributed by atoms with van der Waals surface area (Å²) in [5.41, 5.74) is 2.38. The van der Waals surface area contributed by atoms with E-state index in [1.807, 2.05) is 6.20 Å². The largest absolute Gasteiger partial charge is 0.338 e. The molecule has 1 aromatic heterocycles. The van der Waals surface area contributed by atoms with Gasteiger partial charge in [-0.1, -0.05) is 19.8 Å². The molecule has 1 saturated carbocycles. The van der Waals surface area contributed by atoms with Crippen LogP contribution in [0.15, 0.2) is 6.20 Å². The number of piperidine rings is 1. The number of aromatic nitrogens is 2. The lowest BCUT2D eigenvalue weighted by Gasteiger charge is -2.44. The minimum absolute atomic E-state index is 0.338. The van der Waals surface area contributed by atoms with Crippen molar-refractivity contribution < 1.29 is 4.79 Å². The number of hydrogen-bond acceptors (Lipinski definition) is 4. The summed E-state index contributed by atoms with van der Waals surface area (Å²) >= 11 is 0. The van der Waals surface area contributed by atoms with Gasteiger partial charge >= 0.3 is 0 Å². The van der Waals surface area contributed by atoms with Crippen LogP contribution in [-0.2, 0) is 24.2 Å². The van der Waals surface area contributed by atoms with E-state index in [9.17, 15) is 4.79 Å². The molecule has 4 rings (SSSR count). The second kappa shape index (κ2) is 7.40. The Morgan fingerprint density at radius 3 is 2.92 bits per heavy atom. The predicted octanol–water partition coefficient (Wildman–Crippen LogP) is 2.58. The molecular formula is C20H30N4O. The van der Waals surface area contributed by atoms with Gasteiger partial charge in [0.1, 0.15) is 5.82 Å². The van der Waals surface area contributed by atoms with Gasteiger partial charge in [-0.25, -0.2) is 9.97 Å². The van der Waals surface area contributed by atoms with Crippen LogP contribution in [-0.4, -0.2) is 51.4 Å². The van der Waals surface area contributed by atoms with Crippen LogP contribution < -0.4 is 0 Å². The highest BCUT2D eigenvalue weighted by Gasteiger charge is 2.36. The van der Waals surface area contributed by atoms with Crippen molar-refractivity contribution in [1.82, 2.24) is 19.8 Å². The first-order chi connectivity index (χ1) is 12.2. The molecule has 1 aromatic rings. The molecule has 5 heteroatoms. The van der Waals surface area contributed by atoms with E-state index in [0.717, 1.165) is 49.9 Å². The maximum absolute atomic E-state index is 13.0. The van der Waals surface area contributed by atoms with Crippen LogP contribution in [0.3, 0.4) is 0 Å². The Hall–Kier alpha value is -1.49. The van der Waals surface area contributed by atoms with Crippen molar-refractivity contribution in [2.24, 2.45) is 5.92 Å². The number of carbonyl (C=O) groups is 1. The summed E-state index contributed by atoms with van der Waals surface area (Å²) in [4.78, 5) is 26.6. The quantitative estimate of drug-likeness (QED) is 0.847. The fourth-order valence-corrected chi connectivity index (χ4v) is 4.92. The Bertz CT molecular complexity index is 630. The zero-order valence-corrected chi connectivity index (χ0v) is 15.4. The van der Waals surface area contributed by atoms with Crippen LogP contribution in [0.4, 0.5) is 0 Å². The van der Waals surface area contributed by atoms with E-state index in [0.29, 0.717) is 18.5 Å². The summed E-state index contributed by atoms with van der Waals surface area (Å²) in [6, 6.07) is 0.515. The molecule has 2 atom stereocenters. The molecule has 1 aliphatic carbocycles. The van der Waals surface area contributed by atoms with Gasteiger partial charge in [-0.2, -0.15) is 0 Å². The topological polar surface area (TPSA) is 49.3 Å². The highest BCUT2D eigenvalue weighted by Crippen LogP contribution is 2.35. The van der Waals surface area contributed by atoms with Gasteiger partial charge in [0.2, 0.25) is 5.91 Å². The zero-order valence-electron chi connectivity index (χ0n) is 15.4. The molecule has 3 aliphatic rings. The molecule has 25 heavy (non-hydrogen) atoms. The van der Waals surface area contributed by atoms with Crippen LogP contribution >= 0.6 is 0 Å². The standard InChI is InChI=1S/C20H30N4O/c1-2-19-21-12-16-9-11-23(13-17(16)22-19)14-20(25)24-10-5-7-15-6-3-4-8-18(15)24/h12,15,18H,2-11,13-14H2,1H3/t15-,18-/m1/s1. The van der Waals surface area contributed by atoms with E-state index in [1.165, 1.54) is 44.1 Å². The number of nitrogens with zero attached hydrogens (tertiary/aromatic N) is 4. The third-order valence-corrected chi connectivity index (χ3v) is 6.31. The Labute approximate surface area is 150 Å². The molecule has 0 N–H and O–H groups in total. The fraction of sp³-hybridized carbons (Fsp3) is 0.750. The number of rotatable bonds is 3. The Morgan fingerprint density at radius 2 is 2.04 bits per heavy atom. The summed E-state index contributed by atoms with van der Waals surface area (Å²) in [7, 11) is 0. The van der Waals surface area contributed by atoms with Crippen molar-refractivity contribution in [2.75, 3.05) is 19.6 Å². The molecule has 0 aromatic carbocycles. The molecule has 0 unspecified atom stereocenters. The first-order valence-electron chi connectivity index (χ1n) is 10.1. The van der Waals surface area contributed by atoms with Gasteiger partial charge in [0, 0.05) is 38.3 Å². The van der Waals surface area contributed by atoms with Crippen LogP contribution in [0.1, 0.15) is 62.5 Å². The normalized spacial score (nSPS) is 26.8. The summed E-state index contributed by atoms with van der Waals surface area (Å²) in [5.74, 6) is 2.01. The molecule has 136 valence electrons. The van der Waals surface area contributed by atoms with Crippen molar-refractivity contribution in [3.05, 3.63) is 23.3 Å². The van der Waals surface area contributed by atoms with Gasteiger partial charge in [0.05, 0.1) is 12.2 Å².